The van der Waals surface area contributed by atoms with Gasteiger partial charge in [0.05, 0.1) is 5.56 Å². The van der Waals surface area contributed by atoms with E-state index in [0.717, 1.165) is 6.07 Å². The van der Waals surface area contributed by atoms with Crippen molar-refractivity contribution in [2.24, 2.45) is 5.92 Å². The van der Waals surface area contributed by atoms with Crippen LogP contribution in [0.1, 0.15) is 44.4 Å². The van der Waals surface area contributed by atoms with Crippen LogP contribution in [0.5, 0.6) is 0 Å². The summed E-state index contributed by atoms with van der Waals surface area (Å²) in [4.78, 5) is 0. The van der Waals surface area contributed by atoms with Crippen LogP contribution in [0.3, 0.4) is 0 Å². The molecule has 0 spiro atoms. The second-order valence-corrected chi connectivity index (χ2v) is 4.82. The van der Waals surface area contributed by atoms with E-state index in [2.05, 4.69) is 5.32 Å². The molecule has 0 aliphatic rings. The summed E-state index contributed by atoms with van der Waals surface area (Å²) < 4.78 is 38.9. The minimum absolute atomic E-state index is 0.243. The highest BCUT2D eigenvalue weighted by Gasteiger charge is 2.34. The van der Waals surface area contributed by atoms with Crippen LogP contribution in [0.15, 0.2) is 24.3 Å². The van der Waals surface area contributed by atoms with Crippen LogP contribution in [0, 0.1) is 5.92 Å². The second kappa shape index (κ2) is 6.23. The molecule has 18 heavy (non-hydrogen) atoms. The number of rotatable bonds is 5. The van der Waals surface area contributed by atoms with E-state index in [1.807, 2.05) is 20.8 Å². The molecular formula is C14H20F3N. The summed E-state index contributed by atoms with van der Waals surface area (Å²) in [5.41, 5.74) is -0.183. The topological polar surface area (TPSA) is 12.0 Å². The summed E-state index contributed by atoms with van der Waals surface area (Å²) in [7, 11) is 0. The normalized spacial score (nSPS) is 13.9. The predicted molar refractivity (Wildman–Crippen MR) is 67.3 cm³/mol. The number of nitrogens with one attached hydrogen (secondary N) is 1. The average molecular weight is 259 g/mol. The van der Waals surface area contributed by atoms with Gasteiger partial charge < -0.3 is 5.32 Å². The van der Waals surface area contributed by atoms with Crippen LogP contribution >= 0.6 is 0 Å². The van der Waals surface area contributed by atoms with Gasteiger partial charge in [-0.3, -0.25) is 0 Å². The van der Waals surface area contributed by atoms with Crippen molar-refractivity contribution < 1.29 is 13.2 Å². The molecule has 0 aliphatic heterocycles. The van der Waals surface area contributed by atoms with E-state index in [1.54, 1.807) is 12.1 Å². The number of halogens is 3. The minimum atomic E-state index is -4.29. The molecule has 0 saturated heterocycles. The number of alkyl halides is 3. The van der Waals surface area contributed by atoms with Gasteiger partial charge in [0.1, 0.15) is 0 Å². The predicted octanol–water partition coefficient (Wildman–Crippen LogP) is 4.40. The molecule has 1 aromatic rings. The van der Waals surface area contributed by atoms with Gasteiger partial charge in [0, 0.05) is 6.04 Å². The van der Waals surface area contributed by atoms with Crippen molar-refractivity contribution in [3.8, 4) is 0 Å². The van der Waals surface area contributed by atoms with Crippen molar-refractivity contribution in [3.63, 3.8) is 0 Å². The Morgan fingerprint density at radius 2 is 1.78 bits per heavy atom. The van der Waals surface area contributed by atoms with E-state index < -0.39 is 11.7 Å². The SMILES string of the molecule is CCNC(CC(C)C)c1ccccc1C(F)(F)F. The number of benzene rings is 1. The van der Waals surface area contributed by atoms with Gasteiger partial charge in [-0.05, 0) is 30.5 Å². The Kier molecular flexibility index (Phi) is 5.20. The summed E-state index contributed by atoms with van der Waals surface area (Å²) in [6, 6.07) is 5.58. The monoisotopic (exact) mass is 259 g/mol. The molecule has 0 heterocycles. The fourth-order valence-electron chi connectivity index (χ4n) is 2.10. The standard InChI is InChI=1S/C14H20F3N/c1-4-18-13(9-10(2)3)11-7-5-6-8-12(11)14(15,16)17/h5-8,10,13,18H,4,9H2,1-3H3. The molecule has 1 rings (SSSR count). The molecule has 0 radical (unpaired) electrons. The molecule has 102 valence electrons. The highest BCUT2D eigenvalue weighted by molar-refractivity contribution is 5.32. The van der Waals surface area contributed by atoms with Gasteiger partial charge in [0.25, 0.3) is 0 Å². The Bertz CT molecular complexity index is 372. The first-order valence-electron chi connectivity index (χ1n) is 6.25. The molecular weight excluding hydrogens is 239 g/mol. The van der Waals surface area contributed by atoms with Crippen LogP contribution in [-0.4, -0.2) is 6.54 Å². The Labute approximate surface area is 106 Å². The molecule has 4 heteroatoms. The molecule has 1 atom stereocenters. The Morgan fingerprint density at radius 1 is 1.17 bits per heavy atom. The van der Waals surface area contributed by atoms with E-state index in [1.165, 1.54) is 6.07 Å². The minimum Gasteiger partial charge on any atom is -0.310 e. The van der Waals surface area contributed by atoms with E-state index in [4.69, 9.17) is 0 Å². The molecule has 1 aromatic carbocycles. The number of hydrogen-bond acceptors (Lipinski definition) is 1. The highest BCUT2D eigenvalue weighted by Crippen LogP contribution is 2.36. The van der Waals surface area contributed by atoms with Crippen molar-refractivity contribution >= 4 is 0 Å². The van der Waals surface area contributed by atoms with E-state index in [9.17, 15) is 13.2 Å². The lowest BCUT2D eigenvalue weighted by molar-refractivity contribution is -0.138. The molecule has 1 nitrogen and oxygen atoms in total. The second-order valence-electron chi connectivity index (χ2n) is 4.82. The van der Waals surface area contributed by atoms with E-state index >= 15 is 0 Å². The van der Waals surface area contributed by atoms with Crippen molar-refractivity contribution in [1.82, 2.24) is 5.32 Å². The maximum absolute atomic E-state index is 13.0. The molecule has 0 amide bonds. The Morgan fingerprint density at radius 3 is 2.28 bits per heavy atom. The van der Waals surface area contributed by atoms with Gasteiger partial charge in [-0.1, -0.05) is 39.0 Å². The largest absolute Gasteiger partial charge is 0.416 e. The van der Waals surface area contributed by atoms with Gasteiger partial charge >= 0.3 is 6.18 Å². The first-order valence-corrected chi connectivity index (χ1v) is 6.25. The lowest BCUT2D eigenvalue weighted by Crippen LogP contribution is -2.25. The highest BCUT2D eigenvalue weighted by atomic mass is 19.4. The van der Waals surface area contributed by atoms with Crippen molar-refractivity contribution in [2.75, 3.05) is 6.54 Å². The lowest BCUT2D eigenvalue weighted by Gasteiger charge is -2.24. The zero-order valence-electron chi connectivity index (χ0n) is 11.0. The van der Waals surface area contributed by atoms with Crippen molar-refractivity contribution in [3.05, 3.63) is 35.4 Å². The molecule has 0 fully saturated rings. The summed E-state index contributed by atoms with van der Waals surface area (Å²) in [6.07, 6.45) is -3.60. The zero-order valence-corrected chi connectivity index (χ0v) is 11.0. The summed E-state index contributed by atoms with van der Waals surface area (Å²) in [5, 5.41) is 3.14. The van der Waals surface area contributed by atoms with Gasteiger partial charge in [-0.25, -0.2) is 0 Å². The Hall–Kier alpha value is -1.03. The van der Waals surface area contributed by atoms with Gasteiger partial charge in [-0.2, -0.15) is 13.2 Å². The first-order chi connectivity index (χ1) is 8.36. The van der Waals surface area contributed by atoms with Crippen LogP contribution in [0.25, 0.3) is 0 Å². The fourth-order valence-corrected chi connectivity index (χ4v) is 2.10. The molecule has 0 aromatic heterocycles. The van der Waals surface area contributed by atoms with Crippen LogP contribution < -0.4 is 5.32 Å². The molecule has 0 bridgehead atoms. The smallest absolute Gasteiger partial charge is 0.310 e. The molecule has 1 N–H and O–H groups in total. The van der Waals surface area contributed by atoms with Gasteiger partial charge in [0.2, 0.25) is 0 Å². The van der Waals surface area contributed by atoms with Crippen molar-refractivity contribution in [1.29, 1.82) is 0 Å². The summed E-state index contributed by atoms with van der Waals surface area (Å²) >= 11 is 0. The third kappa shape index (κ3) is 4.02. The Balaban J connectivity index is 3.11. The quantitative estimate of drug-likeness (QED) is 0.826. The maximum atomic E-state index is 13.0. The number of hydrogen-bond donors (Lipinski definition) is 1. The van der Waals surface area contributed by atoms with Crippen molar-refractivity contribution in [2.45, 2.75) is 39.4 Å². The molecule has 0 saturated carbocycles. The fraction of sp³-hybridized carbons (Fsp3) is 0.571. The average Bonchev–Trinajstić information content (AvgIpc) is 2.27. The third-order valence-electron chi connectivity index (χ3n) is 2.80. The first kappa shape index (κ1) is 15.0. The summed E-state index contributed by atoms with van der Waals surface area (Å²) in [5.74, 6) is 0.343. The van der Waals surface area contributed by atoms with Gasteiger partial charge in [-0.15, -0.1) is 0 Å². The van der Waals surface area contributed by atoms with E-state index in [-0.39, 0.29) is 6.04 Å². The lowest BCUT2D eigenvalue weighted by atomic mass is 9.93. The molecule has 0 aliphatic carbocycles. The third-order valence-corrected chi connectivity index (χ3v) is 2.80. The zero-order chi connectivity index (χ0) is 13.8. The van der Waals surface area contributed by atoms with Crippen LogP contribution in [0.2, 0.25) is 0 Å². The maximum Gasteiger partial charge on any atom is 0.416 e. The van der Waals surface area contributed by atoms with E-state index in [0.29, 0.717) is 24.4 Å². The summed E-state index contributed by atoms with van der Waals surface area (Å²) in [6.45, 7) is 6.59. The van der Waals surface area contributed by atoms with Crippen LogP contribution in [-0.2, 0) is 6.18 Å². The van der Waals surface area contributed by atoms with Crippen LogP contribution in [0.4, 0.5) is 13.2 Å². The molecule has 1 unspecified atom stereocenters. The van der Waals surface area contributed by atoms with Gasteiger partial charge in [0.15, 0.2) is 0 Å².